The number of nitrogens with zero attached hydrogens (tertiary/aromatic N) is 2. The summed E-state index contributed by atoms with van der Waals surface area (Å²) in [6.45, 7) is 11.6. The van der Waals surface area contributed by atoms with E-state index in [2.05, 4.69) is 78.6 Å². The summed E-state index contributed by atoms with van der Waals surface area (Å²) in [6.07, 6.45) is 1.08. The standard InChI is InChI=1S/C17H30N4/c1-6-21(15-11-8-7-9-12-15)14-10-13-19-16(18-5)20-17(2,3)4/h7-9,11-12H,6,10,13-14H2,1-5H3,(H2,18,19,20). The molecule has 0 fully saturated rings. The second kappa shape index (κ2) is 8.55. The first-order valence-electron chi connectivity index (χ1n) is 7.75. The molecule has 0 radical (unpaired) electrons. The van der Waals surface area contributed by atoms with Crippen LogP contribution in [-0.4, -0.2) is 38.2 Å². The number of nitrogens with one attached hydrogen (secondary N) is 2. The van der Waals surface area contributed by atoms with Crippen LogP contribution in [0.15, 0.2) is 35.3 Å². The summed E-state index contributed by atoms with van der Waals surface area (Å²) in [5.74, 6) is 0.866. The van der Waals surface area contributed by atoms with Crippen LogP contribution < -0.4 is 15.5 Å². The maximum atomic E-state index is 4.25. The van der Waals surface area contributed by atoms with Gasteiger partial charge in [-0.3, -0.25) is 4.99 Å². The molecule has 21 heavy (non-hydrogen) atoms. The zero-order chi connectivity index (χ0) is 15.7. The quantitative estimate of drug-likeness (QED) is 0.481. The van der Waals surface area contributed by atoms with Crippen LogP contribution in [-0.2, 0) is 0 Å². The molecule has 0 aliphatic rings. The number of benzene rings is 1. The van der Waals surface area contributed by atoms with Gasteiger partial charge >= 0.3 is 0 Å². The molecule has 1 rings (SSSR count). The highest BCUT2D eigenvalue weighted by Crippen LogP contribution is 2.12. The first-order valence-corrected chi connectivity index (χ1v) is 7.75. The predicted octanol–water partition coefficient (Wildman–Crippen LogP) is 2.87. The first-order chi connectivity index (χ1) is 9.96. The van der Waals surface area contributed by atoms with Crippen molar-refractivity contribution in [3.8, 4) is 0 Å². The number of hydrogen-bond donors (Lipinski definition) is 2. The lowest BCUT2D eigenvalue weighted by Crippen LogP contribution is -2.48. The van der Waals surface area contributed by atoms with Crippen LogP contribution in [0.2, 0.25) is 0 Å². The van der Waals surface area contributed by atoms with Crippen molar-refractivity contribution in [3.05, 3.63) is 30.3 Å². The molecule has 0 saturated carbocycles. The fourth-order valence-corrected chi connectivity index (χ4v) is 2.12. The predicted molar refractivity (Wildman–Crippen MR) is 93.2 cm³/mol. The van der Waals surface area contributed by atoms with E-state index in [4.69, 9.17) is 0 Å². The molecule has 0 spiro atoms. The summed E-state index contributed by atoms with van der Waals surface area (Å²) in [4.78, 5) is 6.64. The molecule has 0 heterocycles. The summed E-state index contributed by atoms with van der Waals surface area (Å²) < 4.78 is 0. The molecule has 0 atom stereocenters. The molecule has 0 aromatic heterocycles. The van der Waals surface area contributed by atoms with Crippen molar-refractivity contribution < 1.29 is 0 Å². The number of anilines is 1. The van der Waals surface area contributed by atoms with Crippen LogP contribution in [0.1, 0.15) is 34.1 Å². The Kier molecular flexibility index (Phi) is 7.06. The van der Waals surface area contributed by atoms with Gasteiger partial charge in [0.2, 0.25) is 0 Å². The molecule has 0 aliphatic carbocycles. The lowest BCUT2D eigenvalue weighted by Gasteiger charge is -2.25. The minimum atomic E-state index is 0.0291. The van der Waals surface area contributed by atoms with Gasteiger partial charge in [0.1, 0.15) is 0 Å². The molecular formula is C17H30N4. The van der Waals surface area contributed by atoms with Crippen molar-refractivity contribution in [2.75, 3.05) is 31.6 Å². The second-order valence-corrected chi connectivity index (χ2v) is 6.14. The largest absolute Gasteiger partial charge is 0.372 e. The van der Waals surface area contributed by atoms with E-state index in [1.54, 1.807) is 0 Å². The first kappa shape index (κ1) is 17.3. The van der Waals surface area contributed by atoms with Gasteiger partial charge in [-0.1, -0.05) is 18.2 Å². The van der Waals surface area contributed by atoms with Crippen molar-refractivity contribution in [2.45, 2.75) is 39.7 Å². The molecule has 118 valence electrons. The number of hydrogen-bond acceptors (Lipinski definition) is 2. The Labute approximate surface area is 129 Å². The van der Waals surface area contributed by atoms with Crippen LogP contribution >= 0.6 is 0 Å². The Morgan fingerprint density at radius 2 is 1.86 bits per heavy atom. The van der Waals surface area contributed by atoms with Gasteiger partial charge in [-0.15, -0.1) is 0 Å². The summed E-state index contributed by atoms with van der Waals surface area (Å²) in [5.41, 5.74) is 1.32. The second-order valence-electron chi connectivity index (χ2n) is 6.14. The van der Waals surface area contributed by atoms with Gasteiger partial charge in [0.25, 0.3) is 0 Å². The highest BCUT2D eigenvalue weighted by atomic mass is 15.2. The Balaban J connectivity index is 2.35. The maximum absolute atomic E-state index is 4.25. The van der Waals surface area contributed by atoms with Crippen molar-refractivity contribution in [1.29, 1.82) is 0 Å². The molecule has 0 amide bonds. The maximum Gasteiger partial charge on any atom is 0.191 e. The van der Waals surface area contributed by atoms with Crippen LogP contribution in [0.4, 0.5) is 5.69 Å². The molecule has 1 aromatic rings. The summed E-state index contributed by atoms with van der Waals surface area (Å²) in [7, 11) is 1.81. The third-order valence-electron chi connectivity index (χ3n) is 3.12. The Morgan fingerprint density at radius 1 is 1.19 bits per heavy atom. The number of guanidine groups is 1. The van der Waals surface area contributed by atoms with Gasteiger partial charge in [0, 0.05) is 37.9 Å². The Morgan fingerprint density at radius 3 is 2.38 bits per heavy atom. The normalized spacial score (nSPS) is 12.1. The monoisotopic (exact) mass is 290 g/mol. The topological polar surface area (TPSA) is 39.7 Å². The fraction of sp³-hybridized carbons (Fsp3) is 0.588. The highest BCUT2D eigenvalue weighted by molar-refractivity contribution is 5.80. The molecule has 1 aromatic carbocycles. The van der Waals surface area contributed by atoms with E-state index in [9.17, 15) is 0 Å². The van der Waals surface area contributed by atoms with Gasteiger partial charge in [-0.05, 0) is 46.2 Å². The number of aliphatic imine (C=N–C) groups is 1. The third kappa shape index (κ3) is 7.02. The summed E-state index contributed by atoms with van der Waals surface area (Å²) in [6, 6.07) is 10.6. The number of para-hydroxylation sites is 1. The molecule has 4 heteroatoms. The van der Waals surface area contributed by atoms with Crippen molar-refractivity contribution in [3.63, 3.8) is 0 Å². The zero-order valence-corrected chi connectivity index (χ0v) is 14.1. The Hall–Kier alpha value is -1.71. The van der Waals surface area contributed by atoms with Crippen LogP contribution in [0.3, 0.4) is 0 Å². The van der Waals surface area contributed by atoms with E-state index in [0.717, 1.165) is 32.0 Å². The molecule has 0 aliphatic heterocycles. The molecule has 0 saturated heterocycles. The SMILES string of the molecule is CCN(CCCNC(=NC)NC(C)(C)C)c1ccccc1. The number of rotatable bonds is 6. The van der Waals surface area contributed by atoms with Crippen molar-refractivity contribution in [1.82, 2.24) is 10.6 Å². The van der Waals surface area contributed by atoms with Gasteiger partial charge in [-0.25, -0.2) is 0 Å². The Bertz CT molecular complexity index is 420. The molecule has 4 nitrogen and oxygen atoms in total. The van der Waals surface area contributed by atoms with E-state index < -0.39 is 0 Å². The van der Waals surface area contributed by atoms with Crippen molar-refractivity contribution >= 4 is 11.6 Å². The lowest BCUT2D eigenvalue weighted by atomic mass is 10.1. The van der Waals surface area contributed by atoms with Gasteiger partial charge in [0.15, 0.2) is 5.96 Å². The average molecular weight is 290 g/mol. The molecule has 0 unspecified atom stereocenters. The third-order valence-corrected chi connectivity index (χ3v) is 3.12. The smallest absolute Gasteiger partial charge is 0.191 e. The minimum Gasteiger partial charge on any atom is -0.372 e. The summed E-state index contributed by atoms with van der Waals surface area (Å²) >= 11 is 0. The summed E-state index contributed by atoms with van der Waals surface area (Å²) in [5, 5.41) is 6.73. The van der Waals surface area contributed by atoms with Gasteiger partial charge in [0.05, 0.1) is 0 Å². The van der Waals surface area contributed by atoms with E-state index in [1.807, 2.05) is 7.05 Å². The fourth-order valence-electron chi connectivity index (χ4n) is 2.12. The average Bonchev–Trinajstić information content (AvgIpc) is 2.45. The van der Waals surface area contributed by atoms with E-state index in [0.29, 0.717) is 0 Å². The molecular weight excluding hydrogens is 260 g/mol. The van der Waals surface area contributed by atoms with E-state index in [1.165, 1.54) is 5.69 Å². The zero-order valence-electron chi connectivity index (χ0n) is 14.1. The highest BCUT2D eigenvalue weighted by Gasteiger charge is 2.11. The lowest BCUT2D eigenvalue weighted by molar-refractivity contribution is 0.501. The van der Waals surface area contributed by atoms with Crippen LogP contribution in [0, 0.1) is 0 Å². The minimum absolute atomic E-state index is 0.0291. The van der Waals surface area contributed by atoms with Crippen LogP contribution in [0.5, 0.6) is 0 Å². The van der Waals surface area contributed by atoms with Crippen LogP contribution in [0.25, 0.3) is 0 Å². The van der Waals surface area contributed by atoms with Gasteiger partial charge in [-0.2, -0.15) is 0 Å². The van der Waals surface area contributed by atoms with Gasteiger partial charge < -0.3 is 15.5 Å². The van der Waals surface area contributed by atoms with Crippen molar-refractivity contribution in [2.24, 2.45) is 4.99 Å². The molecule has 0 bridgehead atoms. The van der Waals surface area contributed by atoms with E-state index >= 15 is 0 Å². The van der Waals surface area contributed by atoms with E-state index in [-0.39, 0.29) is 5.54 Å². The molecule has 2 N–H and O–H groups in total.